The first-order valence-electron chi connectivity index (χ1n) is 6.59. The van der Waals surface area contributed by atoms with E-state index in [0.29, 0.717) is 24.7 Å². The maximum Gasteiger partial charge on any atom is 0.189 e. The maximum atomic E-state index is 5.88. The lowest BCUT2D eigenvalue weighted by molar-refractivity contribution is -0.134. The molecule has 0 aromatic rings. The Morgan fingerprint density at radius 3 is 2.53 bits per heavy atom. The van der Waals surface area contributed by atoms with Crippen molar-refractivity contribution in [2.45, 2.75) is 59.3 Å². The molecule has 1 rings (SSSR count). The van der Waals surface area contributed by atoms with Gasteiger partial charge >= 0.3 is 0 Å². The fraction of sp³-hybridized carbons (Fsp3) is 0.786. The third-order valence-electron chi connectivity index (χ3n) is 3.46. The molecule has 0 aliphatic heterocycles. The summed E-state index contributed by atoms with van der Waals surface area (Å²) in [6.45, 7) is 14.9. The lowest BCUT2D eigenvalue weighted by atomic mass is 9.64. The van der Waals surface area contributed by atoms with Gasteiger partial charge in [-0.05, 0) is 27.2 Å². The van der Waals surface area contributed by atoms with Crippen molar-refractivity contribution in [1.82, 2.24) is 5.32 Å². The minimum Gasteiger partial charge on any atom is -0.375 e. The molecule has 0 aromatic heterocycles. The molecule has 1 saturated carbocycles. The Bertz CT molecular complexity index is 340. The quantitative estimate of drug-likeness (QED) is 0.333. The van der Waals surface area contributed by atoms with Gasteiger partial charge in [-0.3, -0.25) is 0 Å². The molecule has 2 atom stereocenters. The number of nitrogens with one attached hydrogen (secondary N) is 1. The molecule has 4 nitrogen and oxygen atoms in total. The highest BCUT2D eigenvalue weighted by atomic mass is 127. The Hall–Kier alpha value is -0.300. The Morgan fingerprint density at radius 1 is 1.53 bits per heavy atom. The van der Waals surface area contributed by atoms with Crippen LogP contribution < -0.4 is 11.1 Å². The summed E-state index contributed by atoms with van der Waals surface area (Å²) in [5.41, 5.74) is 6.96. The monoisotopic (exact) mass is 381 g/mol. The summed E-state index contributed by atoms with van der Waals surface area (Å²) in [5.74, 6) is 0.499. The van der Waals surface area contributed by atoms with E-state index in [4.69, 9.17) is 10.5 Å². The molecule has 0 heterocycles. The molecule has 1 aliphatic rings. The molecule has 0 amide bonds. The standard InChI is InChI=1S/C14H27N3O.HI/c1-9(2)8-16-13(15)17-11-7-12(14(11,5)6)18-10(3)4;/h10-12H,1,7-8H2,2-6H3,(H3,15,16,17);1H. The zero-order chi connectivity index (χ0) is 13.9. The predicted molar refractivity (Wildman–Crippen MR) is 92.0 cm³/mol. The average Bonchev–Trinajstić information content (AvgIpc) is 2.24. The van der Waals surface area contributed by atoms with Gasteiger partial charge in [-0.1, -0.05) is 26.0 Å². The van der Waals surface area contributed by atoms with Crippen molar-refractivity contribution in [2.24, 2.45) is 16.1 Å². The Morgan fingerprint density at radius 2 is 2.11 bits per heavy atom. The van der Waals surface area contributed by atoms with Gasteiger partial charge in [-0.2, -0.15) is 0 Å². The van der Waals surface area contributed by atoms with Crippen molar-refractivity contribution < 1.29 is 4.74 Å². The van der Waals surface area contributed by atoms with E-state index >= 15 is 0 Å². The van der Waals surface area contributed by atoms with E-state index in [1.165, 1.54) is 0 Å². The number of ether oxygens (including phenoxy) is 1. The Kier molecular flexibility index (Phi) is 7.36. The summed E-state index contributed by atoms with van der Waals surface area (Å²) in [6, 6.07) is 0.329. The van der Waals surface area contributed by atoms with Crippen LogP contribution in [-0.4, -0.2) is 30.8 Å². The molecule has 0 spiro atoms. The van der Waals surface area contributed by atoms with Crippen molar-refractivity contribution in [1.29, 1.82) is 0 Å². The fourth-order valence-corrected chi connectivity index (χ4v) is 2.13. The van der Waals surface area contributed by atoms with Crippen molar-refractivity contribution in [2.75, 3.05) is 6.54 Å². The molecule has 1 aliphatic carbocycles. The number of guanidine groups is 1. The van der Waals surface area contributed by atoms with E-state index in [-0.39, 0.29) is 35.5 Å². The van der Waals surface area contributed by atoms with Gasteiger partial charge in [0.1, 0.15) is 0 Å². The van der Waals surface area contributed by atoms with Crippen molar-refractivity contribution >= 4 is 29.9 Å². The van der Waals surface area contributed by atoms with Crippen molar-refractivity contribution in [3.8, 4) is 0 Å². The normalized spacial score (nSPS) is 25.5. The molecule has 0 radical (unpaired) electrons. The Balaban J connectivity index is 0.00000324. The number of halogens is 1. The van der Waals surface area contributed by atoms with E-state index in [0.717, 1.165) is 12.0 Å². The molecule has 0 aromatic carbocycles. The maximum absolute atomic E-state index is 5.88. The van der Waals surface area contributed by atoms with Crippen molar-refractivity contribution in [3.63, 3.8) is 0 Å². The third-order valence-corrected chi connectivity index (χ3v) is 3.46. The highest BCUT2D eigenvalue weighted by molar-refractivity contribution is 14.0. The van der Waals surface area contributed by atoms with Crippen LogP contribution >= 0.6 is 24.0 Å². The molecule has 5 heteroatoms. The van der Waals surface area contributed by atoms with Crippen molar-refractivity contribution in [3.05, 3.63) is 12.2 Å². The first-order chi connectivity index (χ1) is 8.23. The fourth-order valence-electron chi connectivity index (χ4n) is 2.13. The van der Waals surface area contributed by atoms with E-state index in [1.807, 2.05) is 6.92 Å². The molecule has 0 bridgehead atoms. The van der Waals surface area contributed by atoms with Crippen LogP contribution in [-0.2, 0) is 4.74 Å². The van der Waals surface area contributed by atoms with Gasteiger partial charge in [0, 0.05) is 11.5 Å². The summed E-state index contributed by atoms with van der Waals surface area (Å²) in [6.07, 6.45) is 1.54. The van der Waals surface area contributed by atoms with Crippen LogP contribution in [0.25, 0.3) is 0 Å². The largest absolute Gasteiger partial charge is 0.375 e. The summed E-state index contributed by atoms with van der Waals surface area (Å²) in [7, 11) is 0. The molecule has 112 valence electrons. The zero-order valence-corrected chi connectivity index (χ0v) is 15.0. The molecular weight excluding hydrogens is 353 g/mol. The van der Waals surface area contributed by atoms with E-state index in [9.17, 15) is 0 Å². The summed E-state index contributed by atoms with van der Waals surface area (Å²) < 4.78 is 5.88. The third kappa shape index (κ3) is 5.30. The van der Waals surface area contributed by atoms with Crippen LogP contribution in [0.3, 0.4) is 0 Å². The van der Waals surface area contributed by atoms with Gasteiger partial charge in [0.05, 0.1) is 18.8 Å². The highest BCUT2D eigenvalue weighted by Crippen LogP contribution is 2.43. The van der Waals surface area contributed by atoms with Crippen LogP contribution in [0.4, 0.5) is 0 Å². The number of hydrogen-bond acceptors (Lipinski definition) is 2. The summed E-state index contributed by atoms with van der Waals surface area (Å²) in [5, 5.41) is 3.27. The van der Waals surface area contributed by atoms with Gasteiger partial charge in [-0.25, -0.2) is 4.99 Å². The predicted octanol–water partition coefficient (Wildman–Crippen LogP) is 2.68. The van der Waals surface area contributed by atoms with Gasteiger partial charge in [0.15, 0.2) is 5.96 Å². The van der Waals surface area contributed by atoms with Crippen LogP contribution in [0.1, 0.15) is 41.0 Å². The number of hydrogen-bond donors (Lipinski definition) is 2. The SMILES string of the molecule is C=C(C)CN=C(N)NC1CC(OC(C)C)C1(C)C.I. The first-order valence-corrected chi connectivity index (χ1v) is 6.59. The Labute approximate surface area is 134 Å². The topological polar surface area (TPSA) is 59.6 Å². The first kappa shape index (κ1) is 18.7. The van der Waals surface area contributed by atoms with Crippen LogP contribution in [0.15, 0.2) is 17.1 Å². The van der Waals surface area contributed by atoms with Gasteiger partial charge in [0.25, 0.3) is 0 Å². The highest BCUT2D eigenvalue weighted by Gasteiger charge is 2.49. The number of rotatable bonds is 5. The number of aliphatic imine (C=N–C) groups is 1. The second-order valence-corrected chi connectivity index (χ2v) is 6.09. The minimum absolute atomic E-state index is 0. The van der Waals surface area contributed by atoms with E-state index in [1.54, 1.807) is 0 Å². The molecule has 3 N–H and O–H groups in total. The van der Waals surface area contributed by atoms with Gasteiger partial charge < -0.3 is 15.8 Å². The van der Waals surface area contributed by atoms with Crippen LogP contribution in [0.5, 0.6) is 0 Å². The van der Waals surface area contributed by atoms with E-state index < -0.39 is 0 Å². The van der Waals surface area contributed by atoms with E-state index in [2.05, 4.69) is 44.6 Å². The number of nitrogens with two attached hydrogens (primary N) is 1. The summed E-state index contributed by atoms with van der Waals surface area (Å²) >= 11 is 0. The molecule has 1 fully saturated rings. The average molecular weight is 381 g/mol. The molecular formula is C14H28IN3O. The smallest absolute Gasteiger partial charge is 0.189 e. The lowest BCUT2D eigenvalue weighted by Crippen LogP contribution is -2.63. The zero-order valence-electron chi connectivity index (χ0n) is 12.7. The minimum atomic E-state index is 0. The van der Waals surface area contributed by atoms with Gasteiger partial charge in [-0.15, -0.1) is 24.0 Å². The number of nitrogens with zero attached hydrogens (tertiary/aromatic N) is 1. The molecule has 0 saturated heterocycles. The van der Waals surface area contributed by atoms with Crippen LogP contribution in [0.2, 0.25) is 0 Å². The second-order valence-electron chi connectivity index (χ2n) is 6.09. The lowest BCUT2D eigenvalue weighted by Gasteiger charge is -2.52. The molecule has 2 unspecified atom stereocenters. The second kappa shape index (κ2) is 7.47. The van der Waals surface area contributed by atoms with Gasteiger partial charge in [0.2, 0.25) is 0 Å². The van der Waals surface area contributed by atoms with Crippen LogP contribution in [0, 0.1) is 5.41 Å². The summed E-state index contributed by atoms with van der Waals surface area (Å²) in [4.78, 5) is 4.24. The molecule has 19 heavy (non-hydrogen) atoms.